The number of H-pyrrole nitrogens is 1. The number of aromatic amines is 1. The summed E-state index contributed by atoms with van der Waals surface area (Å²) in [5.41, 5.74) is 0. The van der Waals surface area contributed by atoms with Gasteiger partial charge < -0.3 is 10.3 Å². The van der Waals surface area contributed by atoms with Crippen LogP contribution in [0.5, 0.6) is 0 Å². The smallest absolute Gasteiger partial charge is 0.120 e. The van der Waals surface area contributed by atoms with Crippen LogP contribution in [-0.2, 0) is 6.54 Å². The lowest BCUT2D eigenvalue weighted by Crippen LogP contribution is -2.40. The number of aromatic nitrogens is 2. The van der Waals surface area contributed by atoms with Crippen molar-refractivity contribution in [1.82, 2.24) is 15.3 Å². The summed E-state index contributed by atoms with van der Waals surface area (Å²) >= 11 is 0. The lowest BCUT2D eigenvalue weighted by molar-refractivity contribution is 0.204. The summed E-state index contributed by atoms with van der Waals surface area (Å²) in [5, 5.41) is 3.66. The van der Waals surface area contributed by atoms with Crippen LogP contribution >= 0.6 is 0 Å². The Morgan fingerprint density at radius 2 is 2.25 bits per heavy atom. The topological polar surface area (TPSA) is 40.7 Å². The van der Waals surface area contributed by atoms with Crippen LogP contribution in [0.25, 0.3) is 0 Å². The number of rotatable bonds is 4. The molecule has 90 valence electrons. The highest BCUT2D eigenvalue weighted by Crippen LogP contribution is 2.30. The molecule has 2 N–H and O–H groups in total. The largest absolute Gasteiger partial charge is 0.348 e. The quantitative estimate of drug-likeness (QED) is 0.820. The first kappa shape index (κ1) is 11.6. The Morgan fingerprint density at radius 1 is 1.44 bits per heavy atom. The first-order valence-electron chi connectivity index (χ1n) is 6.49. The maximum absolute atomic E-state index is 4.25. The molecular weight excluding hydrogens is 198 g/mol. The third-order valence-corrected chi connectivity index (χ3v) is 3.76. The number of imidazole rings is 1. The van der Waals surface area contributed by atoms with E-state index < -0.39 is 0 Å². The third-order valence-electron chi connectivity index (χ3n) is 3.76. The van der Waals surface area contributed by atoms with Crippen molar-refractivity contribution >= 4 is 0 Å². The predicted octanol–water partition coefficient (Wildman–Crippen LogP) is 2.71. The SMILES string of the molecule is CC(C)C1CCCCC1NCc1ncc[nH]1. The summed E-state index contributed by atoms with van der Waals surface area (Å²) in [6.07, 6.45) is 9.19. The highest BCUT2D eigenvalue weighted by molar-refractivity contribution is 4.89. The fraction of sp³-hybridized carbons (Fsp3) is 0.769. The molecule has 1 aliphatic carbocycles. The molecule has 0 amide bonds. The zero-order valence-electron chi connectivity index (χ0n) is 10.4. The fourth-order valence-corrected chi connectivity index (χ4v) is 2.83. The Labute approximate surface area is 98.1 Å². The van der Waals surface area contributed by atoms with Gasteiger partial charge in [-0.2, -0.15) is 0 Å². The summed E-state index contributed by atoms with van der Waals surface area (Å²) in [5.74, 6) is 2.67. The van der Waals surface area contributed by atoms with Gasteiger partial charge in [-0.05, 0) is 24.7 Å². The van der Waals surface area contributed by atoms with E-state index in [1.807, 2.05) is 12.4 Å². The molecule has 1 heterocycles. The summed E-state index contributed by atoms with van der Waals surface area (Å²) in [6.45, 7) is 5.57. The molecular formula is C13H23N3. The highest BCUT2D eigenvalue weighted by atomic mass is 15.0. The van der Waals surface area contributed by atoms with Crippen molar-refractivity contribution in [3.63, 3.8) is 0 Å². The van der Waals surface area contributed by atoms with Crippen LogP contribution in [0.3, 0.4) is 0 Å². The molecule has 1 aliphatic rings. The molecule has 1 aromatic rings. The van der Waals surface area contributed by atoms with E-state index in [2.05, 4.69) is 29.1 Å². The van der Waals surface area contributed by atoms with E-state index in [-0.39, 0.29) is 0 Å². The standard InChI is InChI=1S/C13H23N3/c1-10(2)11-5-3-4-6-12(11)16-9-13-14-7-8-15-13/h7-8,10-12,16H,3-6,9H2,1-2H3,(H,14,15). The normalized spacial score (nSPS) is 26.2. The third kappa shape index (κ3) is 2.85. The first-order chi connectivity index (χ1) is 7.77. The van der Waals surface area contributed by atoms with E-state index in [1.165, 1.54) is 25.7 Å². The molecule has 0 saturated heterocycles. The van der Waals surface area contributed by atoms with Gasteiger partial charge in [0, 0.05) is 18.4 Å². The van der Waals surface area contributed by atoms with Crippen molar-refractivity contribution in [3.8, 4) is 0 Å². The maximum atomic E-state index is 4.25. The lowest BCUT2D eigenvalue weighted by Gasteiger charge is -2.34. The number of hydrogen-bond acceptors (Lipinski definition) is 2. The van der Waals surface area contributed by atoms with Crippen LogP contribution in [0.2, 0.25) is 0 Å². The lowest BCUT2D eigenvalue weighted by atomic mass is 9.78. The molecule has 16 heavy (non-hydrogen) atoms. The second kappa shape index (κ2) is 5.48. The van der Waals surface area contributed by atoms with Crippen molar-refractivity contribution in [3.05, 3.63) is 18.2 Å². The summed E-state index contributed by atoms with van der Waals surface area (Å²) in [7, 11) is 0. The Balaban J connectivity index is 1.86. The van der Waals surface area contributed by atoms with Gasteiger partial charge in [0.15, 0.2) is 0 Å². The van der Waals surface area contributed by atoms with Gasteiger partial charge in [-0.15, -0.1) is 0 Å². The second-order valence-electron chi connectivity index (χ2n) is 5.22. The fourth-order valence-electron chi connectivity index (χ4n) is 2.83. The minimum Gasteiger partial charge on any atom is -0.348 e. The molecule has 1 aromatic heterocycles. The number of nitrogens with zero attached hydrogens (tertiary/aromatic N) is 1. The summed E-state index contributed by atoms with van der Waals surface area (Å²) in [6, 6.07) is 0.679. The molecule has 1 fully saturated rings. The molecule has 0 bridgehead atoms. The van der Waals surface area contributed by atoms with Gasteiger partial charge in [-0.25, -0.2) is 4.98 Å². The van der Waals surface area contributed by atoms with Crippen molar-refractivity contribution in [2.24, 2.45) is 11.8 Å². The Morgan fingerprint density at radius 3 is 2.94 bits per heavy atom. The van der Waals surface area contributed by atoms with Crippen LogP contribution in [0.1, 0.15) is 45.4 Å². The molecule has 0 aliphatic heterocycles. The first-order valence-corrected chi connectivity index (χ1v) is 6.49. The number of hydrogen-bond donors (Lipinski definition) is 2. The molecule has 3 heteroatoms. The van der Waals surface area contributed by atoms with Gasteiger partial charge >= 0.3 is 0 Å². The minimum absolute atomic E-state index is 0.679. The number of nitrogens with one attached hydrogen (secondary N) is 2. The maximum Gasteiger partial charge on any atom is 0.120 e. The van der Waals surface area contributed by atoms with Crippen LogP contribution in [0.15, 0.2) is 12.4 Å². The summed E-state index contributed by atoms with van der Waals surface area (Å²) in [4.78, 5) is 7.40. The van der Waals surface area contributed by atoms with E-state index in [4.69, 9.17) is 0 Å². The van der Waals surface area contributed by atoms with Crippen LogP contribution < -0.4 is 5.32 Å². The van der Waals surface area contributed by atoms with E-state index in [1.54, 1.807) is 0 Å². The predicted molar refractivity (Wildman–Crippen MR) is 66.0 cm³/mol. The van der Waals surface area contributed by atoms with Crippen LogP contribution in [-0.4, -0.2) is 16.0 Å². The monoisotopic (exact) mass is 221 g/mol. The van der Waals surface area contributed by atoms with E-state index in [0.717, 1.165) is 24.2 Å². The van der Waals surface area contributed by atoms with Crippen molar-refractivity contribution < 1.29 is 0 Å². The molecule has 1 saturated carbocycles. The Kier molecular flexibility index (Phi) is 3.99. The van der Waals surface area contributed by atoms with Gasteiger partial charge in [0.2, 0.25) is 0 Å². The Bertz CT molecular complexity index is 292. The summed E-state index contributed by atoms with van der Waals surface area (Å²) < 4.78 is 0. The average molecular weight is 221 g/mol. The highest BCUT2D eigenvalue weighted by Gasteiger charge is 2.26. The van der Waals surface area contributed by atoms with Crippen molar-refractivity contribution in [2.45, 2.75) is 52.1 Å². The molecule has 2 rings (SSSR count). The Hall–Kier alpha value is -0.830. The zero-order chi connectivity index (χ0) is 11.4. The van der Waals surface area contributed by atoms with Gasteiger partial charge in [0.05, 0.1) is 6.54 Å². The molecule has 2 atom stereocenters. The second-order valence-corrected chi connectivity index (χ2v) is 5.22. The van der Waals surface area contributed by atoms with Crippen molar-refractivity contribution in [2.75, 3.05) is 0 Å². The average Bonchev–Trinajstić information content (AvgIpc) is 2.79. The van der Waals surface area contributed by atoms with Gasteiger partial charge in [-0.1, -0.05) is 26.7 Å². The zero-order valence-corrected chi connectivity index (χ0v) is 10.4. The molecule has 3 nitrogen and oxygen atoms in total. The van der Waals surface area contributed by atoms with Gasteiger partial charge in [0.1, 0.15) is 5.82 Å². The molecule has 0 aromatic carbocycles. The molecule has 0 spiro atoms. The molecule has 0 radical (unpaired) electrons. The van der Waals surface area contributed by atoms with Crippen molar-refractivity contribution in [1.29, 1.82) is 0 Å². The van der Waals surface area contributed by atoms with Gasteiger partial charge in [-0.3, -0.25) is 0 Å². The van der Waals surface area contributed by atoms with Gasteiger partial charge in [0.25, 0.3) is 0 Å². The van der Waals surface area contributed by atoms with Crippen LogP contribution in [0, 0.1) is 11.8 Å². The molecule has 2 unspecified atom stereocenters. The minimum atomic E-state index is 0.679. The van der Waals surface area contributed by atoms with E-state index in [0.29, 0.717) is 6.04 Å². The van der Waals surface area contributed by atoms with E-state index in [9.17, 15) is 0 Å². The van der Waals surface area contributed by atoms with Crippen LogP contribution in [0.4, 0.5) is 0 Å². The van der Waals surface area contributed by atoms with E-state index >= 15 is 0 Å².